The minimum atomic E-state index is -0.120. The van der Waals surface area contributed by atoms with Gasteiger partial charge in [0, 0.05) is 17.5 Å². The predicted molar refractivity (Wildman–Crippen MR) is 61.9 cm³/mol. The van der Waals surface area contributed by atoms with E-state index in [0.717, 1.165) is 37.4 Å². The van der Waals surface area contributed by atoms with Crippen LogP contribution in [0.4, 0.5) is 0 Å². The molecule has 2 aliphatic rings. The number of nitrogens with two attached hydrogens (primary N) is 1. The maximum atomic E-state index is 6.35. The van der Waals surface area contributed by atoms with Crippen molar-refractivity contribution in [3.05, 3.63) is 23.3 Å². The average Bonchev–Trinajstić information content (AvgIpc) is 2.72. The summed E-state index contributed by atoms with van der Waals surface area (Å²) in [7, 11) is 1.69. The van der Waals surface area contributed by atoms with Crippen LogP contribution in [0, 0.1) is 0 Å². The van der Waals surface area contributed by atoms with Gasteiger partial charge in [0.15, 0.2) is 11.5 Å². The van der Waals surface area contributed by atoms with Gasteiger partial charge in [-0.1, -0.05) is 0 Å². The summed E-state index contributed by atoms with van der Waals surface area (Å²) in [6.45, 7) is 0.757. The molecule has 1 saturated carbocycles. The van der Waals surface area contributed by atoms with E-state index < -0.39 is 0 Å². The zero-order valence-electron chi connectivity index (χ0n) is 9.58. The van der Waals surface area contributed by atoms with Crippen LogP contribution in [-0.2, 0) is 12.0 Å². The molecule has 1 aliphatic heterocycles. The van der Waals surface area contributed by atoms with Gasteiger partial charge in [-0.05, 0) is 37.0 Å². The van der Waals surface area contributed by atoms with Crippen molar-refractivity contribution in [1.29, 1.82) is 0 Å². The van der Waals surface area contributed by atoms with Gasteiger partial charge in [0.2, 0.25) is 0 Å². The Balaban J connectivity index is 2.07. The summed E-state index contributed by atoms with van der Waals surface area (Å²) in [6.07, 6.45) is 4.35. The van der Waals surface area contributed by atoms with E-state index >= 15 is 0 Å². The van der Waals surface area contributed by atoms with E-state index in [2.05, 4.69) is 6.07 Å². The number of hydrogen-bond acceptors (Lipinski definition) is 3. The molecule has 2 N–H and O–H groups in total. The highest BCUT2D eigenvalue weighted by Crippen LogP contribution is 2.44. The van der Waals surface area contributed by atoms with E-state index in [-0.39, 0.29) is 5.54 Å². The van der Waals surface area contributed by atoms with Crippen molar-refractivity contribution in [2.75, 3.05) is 13.7 Å². The molecule has 0 bridgehead atoms. The third-order valence-electron chi connectivity index (χ3n) is 3.79. The standard InChI is InChI=1S/C13H17NO2/c1-15-11-8-10(13(14)4-2-5-13)7-9-3-6-16-12(9)11/h7-8H,2-6,14H2,1H3. The first-order chi connectivity index (χ1) is 7.73. The molecule has 1 aromatic rings. The van der Waals surface area contributed by atoms with Crippen LogP contribution in [0.3, 0.4) is 0 Å². The monoisotopic (exact) mass is 219 g/mol. The van der Waals surface area contributed by atoms with Crippen LogP contribution in [0.5, 0.6) is 11.5 Å². The Labute approximate surface area is 95.5 Å². The first kappa shape index (κ1) is 9.97. The average molecular weight is 219 g/mol. The molecule has 16 heavy (non-hydrogen) atoms. The minimum absolute atomic E-state index is 0.120. The molecule has 3 nitrogen and oxygen atoms in total. The molecular formula is C13H17NO2. The minimum Gasteiger partial charge on any atom is -0.493 e. The second kappa shape index (κ2) is 3.39. The summed E-state index contributed by atoms with van der Waals surface area (Å²) >= 11 is 0. The van der Waals surface area contributed by atoms with Crippen molar-refractivity contribution in [2.24, 2.45) is 5.73 Å². The normalized spacial score (nSPS) is 20.9. The Bertz CT molecular complexity index is 424. The highest BCUT2D eigenvalue weighted by Gasteiger charge is 2.36. The molecule has 0 aromatic heterocycles. The molecule has 0 saturated heterocycles. The number of methoxy groups -OCH3 is 1. The van der Waals surface area contributed by atoms with Crippen LogP contribution in [0.2, 0.25) is 0 Å². The maximum absolute atomic E-state index is 6.35. The molecule has 0 atom stereocenters. The van der Waals surface area contributed by atoms with Gasteiger partial charge in [-0.15, -0.1) is 0 Å². The van der Waals surface area contributed by atoms with Gasteiger partial charge in [0.25, 0.3) is 0 Å². The summed E-state index contributed by atoms with van der Waals surface area (Å²) in [5.74, 6) is 1.75. The summed E-state index contributed by atoms with van der Waals surface area (Å²) < 4.78 is 11.0. The summed E-state index contributed by atoms with van der Waals surface area (Å²) in [5, 5.41) is 0. The van der Waals surface area contributed by atoms with Gasteiger partial charge in [-0.3, -0.25) is 0 Å². The largest absolute Gasteiger partial charge is 0.493 e. The van der Waals surface area contributed by atoms with Crippen LogP contribution in [0.15, 0.2) is 12.1 Å². The Morgan fingerprint density at radius 3 is 2.81 bits per heavy atom. The molecule has 3 rings (SSSR count). The third kappa shape index (κ3) is 1.31. The number of ether oxygens (including phenoxy) is 2. The second-order valence-corrected chi connectivity index (χ2v) is 4.77. The molecule has 3 heteroatoms. The maximum Gasteiger partial charge on any atom is 0.164 e. The number of rotatable bonds is 2. The Morgan fingerprint density at radius 1 is 1.38 bits per heavy atom. The van der Waals surface area contributed by atoms with Crippen LogP contribution in [0.25, 0.3) is 0 Å². The summed E-state index contributed by atoms with van der Waals surface area (Å²) in [6, 6.07) is 4.24. The van der Waals surface area contributed by atoms with Gasteiger partial charge in [0.1, 0.15) is 0 Å². The van der Waals surface area contributed by atoms with Gasteiger partial charge in [-0.2, -0.15) is 0 Å². The zero-order valence-corrected chi connectivity index (χ0v) is 9.58. The van der Waals surface area contributed by atoms with E-state index in [9.17, 15) is 0 Å². The SMILES string of the molecule is COc1cc(C2(N)CCC2)cc2c1OCC2. The molecular weight excluding hydrogens is 202 g/mol. The molecule has 1 aromatic carbocycles. The van der Waals surface area contributed by atoms with Crippen LogP contribution < -0.4 is 15.2 Å². The molecule has 1 aliphatic carbocycles. The van der Waals surface area contributed by atoms with Crippen molar-refractivity contribution >= 4 is 0 Å². The lowest BCUT2D eigenvalue weighted by molar-refractivity contribution is 0.252. The number of hydrogen-bond donors (Lipinski definition) is 1. The van der Waals surface area contributed by atoms with E-state index in [1.54, 1.807) is 7.11 Å². The molecule has 1 fully saturated rings. The van der Waals surface area contributed by atoms with E-state index in [0.29, 0.717) is 0 Å². The summed E-state index contributed by atoms with van der Waals surface area (Å²) in [4.78, 5) is 0. The lowest BCUT2D eigenvalue weighted by atomic mass is 9.72. The van der Waals surface area contributed by atoms with E-state index in [4.69, 9.17) is 15.2 Å². The van der Waals surface area contributed by atoms with Gasteiger partial charge < -0.3 is 15.2 Å². The Morgan fingerprint density at radius 2 is 2.19 bits per heavy atom. The van der Waals surface area contributed by atoms with Gasteiger partial charge in [0.05, 0.1) is 13.7 Å². The van der Waals surface area contributed by atoms with Crippen molar-refractivity contribution in [1.82, 2.24) is 0 Å². The van der Waals surface area contributed by atoms with Gasteiger partial charge in [-0.25, -0.2) is 0 Å². The fourth-order valence-electron chi connectivity index (χ4n) is 2.56. The van der Waals surface area contributed by atoms with Crippen molar-refractivity contribution in [3.8, 4) is 11.5 Å². The lowest BCUT2D eigenvalue weighted by Crippen LogP contribution is -2.43. The molecule has 0 amide bonds. The predicted octanol–water partition coefficient (Wildman–Crippen LogP) is 1.97. The zero-order chi connectivity index (χ0) is 11.2. The quantitative estimate of drug-likeness (QED) is 0.827. The topological polar surface area (TPSA) is 44.5 Å². The van der Waals surface area contributed by atoms with Crippen molar-refractivity contribution in [2.45, 2.75) is 31.2 Å². The van der Waals surface area contributed by atoms with Crippen molar-refractivity contribution in [3.63, 3.8) is 0 Å². The number of benzene rings is 1. The molecule has 0 radical (unpaired) electrons. The third-order valence-corrected chi connectivity index (χ3v) is 3.79. The highest BCUT2D eigenvalue weighted by molar-refractivity contribution is 5.53. The molecule has 1 heterocycles. The van der Waals surface area contributed by atoms with E-state index in [1.165, 1.54) is 17.5 Å². The van der Waals surface area contributed by atoms with Crippen LogP contribution in [0.1, 0.15) is 30.4 Å². The first-order valence-electron chi connectivity index (χ1n) is 5.86. The first-order valence-corrected chi connectivity index (χ1v) is 5.86. The van der Waals surface area contributed by atoms with E-state index in [1.807, 2.05) is 6.07 Å². The fraction of sp³-hybridized carbons (Fsp3) is 0.538. The smallest absolute Gasteiger partial charge is 0.164 e. The fourth-order valence-corrected chi connectivity index (χ4v) is 2.56. The van der Waals surface area contributed by atoms with Crippen LogP contribution in [-0.4, -0.2) is 13.7 Å². The molecule has 0 spiro atoms. The highest BCUT2D eigenvalue weighted by atomic mass is 16.5. The Kier molecular flexibility index (Phi) is 2.11. The van der Waals surface area contributed by atoms with Crippen molar-refractivity contribution < 1.29 is 9.47 Å². The van der Waals surface area contributed by atoms with Crippen LogP contribution >= 0.6 is 0 Å². The number of fused-ring (bicyclic) bond motifs is 1. The lowest BCUT2D eigenvalue weighted by Gasteiger charge is -2.39. The van der Waals surface area contributed by atoms with Gasteiger partial charge >= 0.3 is 0 Å². The molecule has 86 valence electrons. The Hall–Kier alpha value is -1.22. The molecule has 0 unspecified atom stereocenters. The summed E-state index contributed by atoms with van der Waals surface area (Å²) in [5.41, 5.74) is 8.68. The second-order valence-electron chi connectivity index (χ2n) is 4.77.